The summed E-state index contributed by atoms with van der Waals surface area (Å²) in [6, 6.07) is 0. The van der Waals surface area contributed by atoms with Crippen LogP contribution in [0, 0.1) is 10.8 Å². The van der Waals surface area contributed by atoms with Crippen LogP contribution in [0.15, 0.2) is 0 Å². The van der Waals surface area contributed by atoms with Crippen LogP contribution in [-0.2, 0) is 4.74 Å². The Bertz CT molecular complexity index is 157. The number of ether oxygens (including phenoxy) is 1. The predicted molar refractivity (Wildman–Crippen MR) is 29.5 cm³/mol. The molecule has 1 aliphatic heterocycles. The largest absolute Gasteiger partial charge is 0.377 e. The highest BCUT2D eigenvalue weighted by molar-refractivity contribution is 5.30. The van der Waals surface area contributed by atoms with E-state index in [0.29, 0.717) is 11.5 Å². The number of rotatable bonds is 0. The lowest BCUT2D eigenvalue weighted by Crippen LogP contribution is -2.01. The molecule has 0 amide bonds. The second kappa shape index (κ2) is 0.688. The molecule has 0 aromatic rings. The Balaban J connectivity index is 2.12. The number of hydrogen-bond donors (Lipinski definition) is 0. The summed E-state index contributed by atoms with van der Waals surface area (Å²) >= 11 is 0. The van der Waals surface area contributed by atoms with Crippen molar-refractivity contribution in [1.29, 1.82) is 0 Å². The average Bonchev–Trinajstić information content (AvgIpc) is 2.49. The van der Waals surface area contributed by atoms with Gasteiger partial charge in [0, 0.05) is 5.41 Å². The van der Waals surface area contributed by atoms with E-state index in [9.17, 15) is 0 Å². The van der Waals surface area contributed by atoms with Crippen LogP contribution in [0.1, 0.15) is 19.8 Å². The molecule has 0 radical (unpaired) electrons. The van der Waals surface area contributed by atoms with Gasteiger partial charge in [-0.05, 0) is 18.3 Å². The zero-order valence-electron chi connectivity index (χ0n) is 5.11. The van der Waals surface area contributed by atoms with Crippen molar-refractivity contribution in [3.8, 4) is 0 Å². The van der Waals surface area contributed by atoms with E-state index < -0.39 is 0 Å². The molecule has 0 aromatic heterocycles. The third-order valence-electron chi connectivity index (χ3n) is 3.39. The highest BCUT2D eigenvalue weighted by Gasteiger charge is 2.82. The van der Waals surface area contributed by atoms with Crippen LogP contribution in [-0.4, -0.2) is 12.7 Å². The van der Waals surface area contributed by atoms with Crippen molar-refractivity contribution < 1.29 is 4.74 Å². The first-order chi connectivity index (χ1) is 3.77. The fraction of sp³-hybridized carbons (Fsp3) is 1.00. The second-order valence-electron chi connectivity index (χ2n) is 3.90. The minimum absolute atomic E-state index is 0.650. The fourth-order valence-corrected chi connectivity index (χ4v) is 2.44. The SMILES string of the molecule is CC12COC3CC31C2. The Morgan fingerprint density at radius 2 is 2.50 bits per heavy atom. The van der Waals surface area contributed by atoms with Gasteiger partial charge in [-0.25, -0.2) is 0 Å². The first-order valence-electron chi connectivity index (χ1n) is 3.39. The molecular weight excluding hydrogens is 100 g/mol. The summed E-state index contributed by atoms with van der Waals surface area (Å²) in [4.78, 5) is 0. The topological polar surface area (TPSA) is 9.23 Å². The maximum absolute atomic E-state index is 5.48. The Morgan fingerprint density at radius 1 is 1.62 bits per heavy atom. The monoisotopic (exact) mass is 110 g/mol. The molecule has 3 fully saturated rings. The summed E-state index contributed by atoms with van der Waals surface area (Å²) in [7, 11) is 0. The fourth-order valence-electron chi connectivity index (χ4n) is 2.44. The van der Waals surface area contributed by atoms with Gasteiger partial charge in [0.05, 0.1) is 12.7 Å². The lowest BCUT2D eigenvalue weighted by molar-refractivity contribution is 0.116. The van der Waals surface area contributed by atoms with Crippen LogP contribution >= 0.6 is 0 Å². The lowest BCUT2D eigenvalue weighted by atomic mass is 10.1. The molecule has 3 rings (SSSR count). The molecule has 1 saturated heterocycles. The zero-order chi connectivity index (χ0) is 5.41. The molecule has 3 atom stereocenters. The number of hydrogen-bond acceptors (Lipinski definition) is 1. The Kier molecular flexibility index (Phi) is 0.334. The molecule has 1 spiro atoms. The normalized spacial score (nSPS) is 73.9. The molecule has 2 saturated carbocycles. The summed E-state index contributed by atoms with van der Waals surface area (Å²) in [6.07, 6.45) is 3.54. The lowest BCUT2D eigenvalue weighted by Gasteiger charge is -2.01. The highest BCUT2D eigenvalue weighted by Crippen LogP contribution is 2.83. The molecule has 44 valence electrons. The second-order valence-corrected chi connectivity index (χ2v) is 3.90. The smallest absolute Gasteiger partial charge is 0.0645 e. The van der Waals surface area contributed by atoms with Gasteiger partial charge in [-0.15, -0.1) is 0 Å². The van der Waals surface area contributed by atoms with E-state index >= 15 is 0 Å². The molecular formula is C7H10O. The van der Waals surface area contributed by atoms with Gasteiger partial charge in [0.1, 0.15) is 0 Å². The van der Waals surface area contributed by atoms with E-state index in [2.05, 4.69) is 6.92 Å². The van der Waals surface area contributed by atoms with Crippen LogP contribution < -0.4 is 0 Å². The van der Waals surface area contributed by atoms with E-state index in [4.69, 9.17) is 4.74 Å². The van der Waals surface area contributed by atoms with Gasteiger partial charge in [0.15, 0.2) is 0 Å². The van der Waals surface area contributed by atoms with Gasteiger partial charge in [0.2, 0.25) is 0 Å². The van der Waals surface area contributed by atoms with E-state index in [1.54, 1.807) is 0 Å². The van der Waals surface area contributed by atoms with Crippen molar-refractivity contribution >= 4 is 0 Å². The van der Waals surface area contributed by atoms with Gasteiger partial charge < -0.3 is 4.74 Å². The standard InChI is InChI=1S/C7H10O/c1-6-3-7(6)2-5(7)8-4-6/h5H,2-4H2,1H3. The third-order valence-corrected chi connectivity index (χ3v) is 3.39. The first kappa shape index (κ1) is 3.89. The summed E-state index contributed by atoms with van der Waals surface area (Å²) in [5.41, 5.74) is 1.39. The Hall–Kier alpha value is -0.0400. The quantitative estimate of drug-likeness (QED) is 0.455. The van der Waals surface area contributed by atoms with Crippen LogP contribution in [0.3, 0.4) is 0 Å². The predicted octanol–water partition coefficient (Wildman–Crippen LogP) is 1.19. The van der Waals surface area contributed by atoms with Gasteiger partial charge >= 0.3 is 0 Å². The van der Waals surface area contributed by atoms with Gasteiger partial charge in [-0.1, -0.05) is 6.92 Å². The van der Waals surface area contributed by atoms with Crippen molar-refractivity contribution in [2.75, 3.05) is 6.61 Å². The van der Waals surface area contributed by atoms with Gasteiger partial charge in [-0.2, -0.15) is 0 Å². The molecule has 2 aliphatic carbocycles. The van der Waals surface area contributed by atoms with Gasteiger partial charge in [0.25, 0.3) is 0 Å². The summed E-state index contributed by atoms with van der Waals surface area (Å²) < 4.78 is 5.48. The van der Waals surface area contributed by atoms with Crippen molar-refractivity contribution in [2.24, 2.45) is 10.8 Å². The van der Waals surface area contributed by atoms with E-state index in [1.807, 2.05) is 0 Å². The zero-order valence-corrected chi connectivity index (χ0v) is 5.11. The molecule has 0 N–H and O–H groups in total. The maximum atomic E-state index is 5.48. The van der Waals surface area contributed by atoms with Crippen LogP contribution in [0.4, 0.5) is 0 Å². The molecule has 3 unspecified atom stereocenters. The van der Waals surface area contributed by atoms with Gasteiger partial charge in [-0.3, -0.25) is 0 Å². The third kappa shape index (κ3) is 0.188. The molecule has 1 heteroatoms. The molecule has 8 heavy (non-hydrogen) atoms. The average molecular weight is 110 g/mol. The molecule has 0 bridgehead atoms. The van der Waals surface area contributed by atoms with E-state index in [-0.39, 0.29) is 0 Å². The highest BCUT2D eigenvalue weighted by atomic mass is 16.5. The van der Waals surface area contributed by atoms with Crippen LogP contribution in [0.2, 0.25) is 0 Å². The maximum Gasteiger partial charge on any atom is 0.0645 e. The summed E-state index contributed by atoms with van der Waals surface area (Å²) in [5, 5.41) is 0. The molecule has 1 heterocycles. The minimum Gasteiger partial charge on any atom is -0.377 e. The summed E-state index contributed by atoms with van der Waals surface area (Å²) in [6.45, 7) is 3.41. The van der Waals surface area contributed by atoms with E-state index in [1.165, 1.54) is 12.8 Å². The van der Waals surface area contributed by atoms with Crippen LogP contribution in [0.5, 0.6) is 0 Å². The Morgan fingerprint density at radius 3 is 2.62 bits per heavy atom. The molecule has 1 nitrogen and oxygen atoms in total. The van der Waals surface area contributed by atoms with Crippen molar-refractivity contribution in [1.82, 2.24) is 0 Å². The summed E-state index contributed by atoms with van der Waals surface area (Å²) in [5.74, 6) is 0. The Labute approximate surface area is 49.0 Å². The van der Waals surface area contributed by atoms with Crippen LogP contribution in [0.25, 0.3) is 0 Å². The van der Waals surface area contributed by atoms with Crippen molar-refractivity contribution in [2.45, 2.75) is 25.9 Å². The van der Waals surface area contributed by atoms with Crippen molar-refractivity contribution in [3.63, 3.8) is 0 Å². The van der Waals surface area contributed by atoms with Crippen molar-refractivity contribution in [3.05, 3.63) is 0 Å². The molecule has 0 aromatic carbocycles. The van der Waals surface area contributed by atoms with E-state index in [0.717, 1.165) is 12.0 Å². The first-order valence-corrected chi connectivity index (χ1v) is 3.39. The molecule has 3 aliphatic rings. The minimum atomic E-state index is 0.650.